The summed E-state index contributed by atoms with van der Waals surface area (Å²) in [6, 6.07) is 7.07. The van der Waals surface area contributed by atoms with Crippen LogP contribution in [0.3, 0.4) is 0 Å². The maximum atomic E-state index is 5.63. The van der Waals surface area contributed by atoms with E-state index in [9.17, 15) is 0 Å². The lowest BCUT2D eigenvalue weighted by Crippen LogP contribution is -1.95. The fourth-order valence-electron chi connectivity index (χ4n) is 1.43. The topological polar surface area (TPSA) is 45.5 Å². The third-order valence-electron chi connectivity index (χ3n) is 2.21. The Balaban J connectivity index is 2.36. The van der Waals surface area contributed by atoms with Crippen molar-refractivity contribution in [1.29, 1.82) is 0 Å². The molecule has 1 radical (unpaired) electrons. The van der Waals surface area contributed by atoms with Gasteiger partial charge in [0.2, 0.25) is 11.6 Å². The van der Waals surface area contributed by atoms with Crippen molar-refractivity contribution in [3.63, 3.8) is 0 Å². The minimum absolute atomic E-state index is 0.440. The summed E-state index contributed by atoms with van der Waals surface area (Å²) in [7, 11) is 4.92. The Kier molecular flexibility index (Phi) is 3.18. The first kappa shape index (κ1) is 11.3. The quantitative estimate of drug-likeness (QED) is 0.810. The van der Waals surface area contributed by atoms with Crippen LogP contribution in [0.5, 0.6) is 23.1 Å². The highest BCUT2D eigenvalue weighted by Crippen LogP contribution is 2.39. The Morgan fingerprint density at radius 1 is 1.18 bits per heavy atom. The molecule has 0 bridgehead atoms. The summed E-state index contributed by atoms with van der Waals surface area (Å²) in [5.74, 6) is 2.13. The number of benzene rings is 1. The largest absolute Gasteiger partial charge is 0.493 e. The van der Waals surface area contributed by atoms with Crippen LogP contribution in [0.25, 0.3) is 0 Å². The van der Waals surface area contributed by atoms with Crippen molar-refractivity contribution in [3.05, 3.63) is 30.5 Å². The molecule has 2 aromatic rings. The zero-order valence-electron chi connectivity index (χ0n) is 9.93. The fourth-order valence-corrected chi connectivity index (χ4v) is 1.43. The Bertz CT molecular complexity index is 486. The maximum absolute atomic E-state index is 5.63. The van der Waals surface area contributed by atoms with Crippen molar-refractivity contribution in [1.82, 2.24) is 9.78 Å². The first-order valence-corrected chi connectivity index (χ1v) is 5.05. The molecule has 17 heavy (non-hydrogen) atoms. The van der Waals surface area contributed by atoms with E-state index in [0.29, 0.717) is 23.1 Å². The van der Waals surface area contributed by atoms with Crippen molar-refractivity contribution in [3.8, 4) is 23.1 Å². The van der Waals surface area contributed by atoms with Crippen molar-refractivity contribution in [2.75, 3.05) is 14.2 Å². The van der Waals surface area contributed by atoms with E-state index in [0.717, 1.165) is 0 Å². The Labute approximate surface area is 99.5 Å². The van der Waals surface area contributed by atoms with Crippen molar-refractivity contribution in [2.45, 2.75) is 0 Å². The number of rotatable bonds is 4. The monoisotopic (exact) mass is 233 g/mol. The van der Waals surface area contributed by atoms with Gasteiger partial charge in [-0.2, -0.15) is 0 Å². The van der Waals surface area contributed by atoms with Gasteiger partial charge in [0.15, 0.2) is 11.5 Å². The molecule has 1 heterocycles. The molecule has 1 aromatic heterocycles. The summed E-state index contributed by atoms with van der Waals surface area (Å²) < 4.78 is 17.6. The van der Waals surface area contributed by atoms with Crippen LogP contribution in [-0.4, -0.2) is 24.0 Å². The molecule has 0 atom stereocenters. The number of hydrogen-bond donors (Lipinski definition) is 0. The number of aryl methyl sites for hydroxylation is 1. The van der Waals surface area contributed by atoms with E-state index in [1.165, 1.54) is 4.68 Å². The summed E-state index contributed by atoms with van der Waals surface area (Å²) in [6.07, 6.45) is 2.86. The van der Waals surface area contributed by atoms with Gasteiger partial charge in [-0.15, -0.1) is 5.10 Å². The van der Waals surface area contributed by atoms with Gasteiger partial charge in [0, 0.05) is 13.1 Å². The molecular formula is C12H13N2O3. The van der Waals surface area contributed by atoms with Crippen LogP contribution in [0.2, 0.25) is 0 Å². The highest BCUT2D eigenvalue weighted by molar-refractivity contribution is 5.52. The molecule has 0 saturated heterocycles. The molecule has 1 aromatic carbocycles. The molecule has 0 aliphatic rings. The van der Waals surface area contributed by atoms with Gasteiger partial charge in [-0.3, -0.25) is 4.68 Å². The van der Waals surface area contributed by atoms with E-state index in [1.807, 2.05) is 6.07 Å². The molecule has 0 fully saturated rings. The minimum Gasteiger partial charge on any atom is -0.493 e. The molecule has 0 unspecified atom stereocenters. The van der Waals surface area contributed by atoms with Crippen LogP contribution in [0.1, 0.15) is 0 Å². The lowest BCUT2D eigenvalue weighted by molar-refractivity contribution is 0.340. The maximum Gasteiger partial charge on any atom is 0.239 e. The van der Waals surface area contributed by atoms with Gasteiger partial charge in [0.1, 0.15) is 0 Å². The van der Waals surface area contributed by atoms with E-state index in [1.54, 1.807) is 39.5 Å². The number of ether oxygens (including phenoxy) is 3. The van der Waals surface area contributed by atoms with Gasteiger partial charge in [-0.05, 0) is 12.1 Å². The third kappa shape index (κ3) is 2.33. The second kappa shape index (κ2) is 4.78. The molecule has 0 aliphatic heterocycles. The molecule has 5 heteroatoms. The second-order valence-electron chi connectivity index (χ2n) is 3.33. The van der Waals surface area contributed by atoms with Gasteiger partial charge in [0.05, 0.1) is 20.4 Å². The van der Waals surface area contributed by atoms with Gasteiger partial charge in [0.25, 0.3) is 0 Å². The van der Waals surface area contributed by atoms with Gasteiger partial charge >= 0.3 is 0 Å². The lowest BCUT2D eigenvalue weighted by atomic mass is 10.3. The summed E-state index contributed by atoms with van der Waals surface area (Å²) in [5, 5.41) is 4.08. The lowest BCUT2D eigenvalue weighted by Gasteiger charge is -2.11. The van der Waals surface area contributed by atoms with E-state index in [4.69, 9.17) is 14.2 Å². The van der Waals surface area contributed by atoms with Crippen molar-refractivity contribution in [2.24, 2.45) is 7.05 Å². The van der Waals surface area contributed by atoms with Crippen LogP contribution in [0.4, 0.5) is 0 Å². The molecule has 89 valence electrons. The zero-order valence-corrected chi connectivity index (χ0v) is 9.93. The zero-order chi connectivity index (χ0) is 12.3. The van der Waals surface area contributed by atoms with E-state index in [2.05, 4.69) is 11.3 Å². The number of hydrogen-bond acceptors (Lipinski definition) is 4. The van der Waals surface area contributed by atoms with E-state index < -0.39 is 0 Å². The normalized spacial score (nSPS) is 10.1. The van der Waals surface area contributed by atoms with Crippen molar-refractivity contribution < 1.29 is 14.2 Å². The molecular weight excluding hydrogens is 220 g/mol. The Hall–Kier alpha value is -2.17. The van der Waals surface area contributed by atoms with Gasteiger partial charge in [-0.1, -0.05) is 6.07 Å². The molecule has 5 nitrogen and oxygen atoms in total. The SMILES string of the molecule is COc1cccc(OC)c1Oc1c[c]n(C)n1. The molecule has 0 saturated carbocycles. The van der Waals surface area contributed by atoms with Crippen LogP contribution >= 0.6 is 0 Å². The smallest absolute Gasteiger partial charge is 0.239 e. The average molecular weight is 233 g/mol. The molecule has 0 aliphatic carbocycles. The summed E-state index contributed by atoms with van der Waals surface area (Å²) >= 11 is 0. The average Bonchev–Trinajstić information content (AvgIpc) is 2.75. The highest BCUT2D eigenvalue weighted by Gasteiger charge is 2.13. The van der Waals surface area contributed by atoms with Crippen LogP contribution in [0.15, 0.2) is 24.3 Å². The van der Waals surface area contributed by atoms with Gasteiger partial charge < -0.3 is 14.2 Å². The standard InChI is InChI=1S/C12H13N2O3/c1-14-8-7-11(13-14)17-12-9(15-2)5-4-6-10(12)16-3/h4-7H,1-3H3. The van der Waals surface area contributed by atoms with Crippen LogP contribution in [-0.2, 0) is 7.05 Å². The summed E-state index contributed by atoms with van der Waals surface area (Å²) in [4.78, 5) is 0. The van der Waals surface area contributed by atoms with Gasteiger partial charge in [-0.25, -0.2) is 0 Å². The second-order valence-corrected chi connectivity index (χ2v) is 3.33. The predicted octanol–water partition coefficient (Wildman–Crippen LogP) is 2.03. The summed E-state index contributed by atoms with van der Waals surface area (Å²) in [6.45, 7) is 0. The molecule has 2 rings (SSSR count). The number of para-hydroxylation sites is 1. The van der Waals surface area contributed by atoms with E-state index >= 15 is 0 Å². The molecule has 0 spiro atoms. The van der Waals surface area contributed by atoms with Crippen molar-refractivity contribution >= 4 is 0 Å². The summed E-state index contributed by atoms with van der Waals surface area (Å²) in [5.41, 5.74) is 0. The van der Waals surface area contributed by atoms with Crippen LogP contribution < -0.4 is 14.2 Å². The molecule has 0 N–H and O–H groups in total. The number of methoxy groups -OCH3 is 2. The number of nitrogens with zero attached hydrogens (tertiary/aromatic N) is 2. The minimum atomic E-state index is 0.440. The number of aromatic nitrogens is 2. The van der Waals surface area contributed by atoms with Crippen LogP contribution in [0, 0.1) is 6.20 Å². The first-order chi connectivity index (χ1) is 8.24. The highest BCUT2D eigenvalue weighted by atomic mass is 16.5. The molecule has 0 amide bonds. The Morgan fingerprint density at radius 2 is 1.82 bits per heavy atom. The predicted molar refractivity (Wildman–Crippen MR) is 61.7 cm³/mol. The fraction of sp³-hybridized carbons (Fsp3) is 0.250. The first-order valence-electron chi connectivity index (χ1n) is 5.05. The van der Waals surface area contributed by atoms with E-state index in [-0.39, 0.29) is 0 Å². The Morgan fingerprint density at radius 3 is 2.29 bits per heavy atom. The third-order valence-corrected chi connectivity index (χ3v) is 2.21.